The number of rotatable bonds is 7. The number of aryl methyl sites for hydroxylation is 2. The Bertz CT molecular complexity index is 1180. The molecule has 1 aliphatic heterocycles. The molecule has 0 saturated heterocycles. The summed E-state index contributed by atoms with van der Waals surface area (Å²) in [5, 5.41) is 11.0. The van der Waals surface area contributed by atoms with Gasteiger partial charge < -0.3 is 23.7 Å². The first-order valence-electron chi connectivity index (χ1n) is 11.4. The first kappa shape index (κ1) is 24.2. The molecule has 4 rings (SSSR count). The van der Waals surface area contributed by atoms with Crippen LogP contribution in [0.25, 0.3) is 11.1 Å². The van der Waals surface area contributed by atoms with Gasteiger partial charge in [-0.3, -0.25) is 0 Å². The normalized spacial score (nSPS) is 14.3. The van der Waals surface area contributed by atoms with Gasteiger partial charge in [0.1, 0.15) is 5.75 Å². The van der Waals surface area contributed by atoms with Gasteiger partial charge in [-0.15, -0.1) is 0 Å². The Kier molecular flexibility index (Phi) is 6.96. The molecule has 3 aromatic rings. The summed E-state index contributed by atoms with van der Waals surface area (Å²) >= 11 is 1.34. The molecule has 0 amide bonds. The molecule has 1 aromatic heterocycles. The highest BCUT2D eigenvalue weighted by molar-refractivity contribution is 8.00. The lowest BCUT2D eigenvalue weighted by atomic mass is 9.86. The number of hydrogen-bond acceptors (Lipinski definition) is 6. The number of aliphatic carboxylic acids is 1. The number of ether oxygens (including phenoxy) is 2. The second-order valence-corrected chi connectivity index (χ2v) is 10.3. The van der Waals surface area contributed by atoms with Crippen LogP contribution in [-0.4, -0.2) is 23.3 Å². The van der Waals surface area contributed by atoms with E-state index in [1.54, 1.807) is 6.26 Å². The number of fused-ring (bicyclic) bond motifs is 1. The molecular formula is C27H31NO5S. The number of carboxylic acids is 1. The molecule has 2 aromatic carbocycles. The third kappa shape index (κ3) is 5.26. The SMILES string of the molecule is Cc1cc(NSc2ccco2)c(C)c(C(OC(C)(C)C)C(=O)O)c1-c1ccc2c(c1)CCCO2. The van der Waals surface area contributed by atoms with Gasteiger partial charge in [0, 0.05) is 23.2 Å². The van der Waals surface area contributed by atoms with Gasteiger partial charge >= 0.3 is 5.97 Å². The lowest BCUT2D eigenvalue weighted by Gasteiger charge is -2.30. The zero-order chi connectivity index (χ0) is 24.5. The van der Waals surface area contributed by atoms with E-state index < -0.39 is 17.7 Å². The van der Waals surface area contributed by atoms with E-state index in [0.717, 1.165) is 63.8 Å². The zero-order valence-corrected chi connectivity index (χ0v) is 21.0. The van der Waals surface area contributed by atoms with Crippen molar-refractivity contribution in [1.29, 1.82) is 0 Å². The summed E-state index contributed by atoms with van der Waals surface area (Å²) in [5.41, 5.74) is 5.62. The van der Waals surface area contributed by atoms with E-state index in [-0.39, 0.29) is 0 Å². The molecule has 2 heterocycles. The van der Waals surface area contributed by atoms with Gasteiger partial charge in [-0.05, 0) is 106 Å². The average Bonchev–Trinajstić information content (AvgIpc) is 3.30. The van der Waals surface area contributed by atoms with E-state index in [4.69, 9.17) is 13.9 Å². The molecule has 1 unspecified atom stereocenters. The van der Waals surface area contributed by atoms with Gasteiger partial charge in [0.2, 0.25) is 0 Å². The molecule has 0 spiro atoms. The van der Waals surface area contributed by atoms with Gasteiger partial charge in [0.25, 0.3) is 0 Å². The van der Waals surface area contributed by atoms with Crippen LogP contribution in [0, 0.1) is 13.8 Å². The fraction of sp³-hybridized carbons (Fsp3) is 0.370. The molecule has 34 heavy (non-hydrogen) atoms. The Labute approximate surface area is 204 Å². The standard InChI is InChI=1S/C27H31NO5S/c1-16-14-20(28-34-22-9-7-13-32-22)17(2)24(25(26(29)30)33-27(3,4)5)23(16)19-10-11-21-18(15-19)8-6-12-31-21/h7,9-11,13-15,25,28H,6,8,12H2,1-5H3,(H,29,30). The van der Waals surface area contributed by atoms with Gasteiger partial charge in [0.05, 0.1) is 18.5 Å². The number of benzene rings is 2. The maximum atomic E-state index is 12.5. The molecule has 7 heteroatoms. The van der Waals surface area contributed by atoms with E-state index in [9.17, 15) is 9.90 Å². The Morgan fingerprint density at radius 3 is 2.68 bits per heavy atom. The summed E-state index contributed by atoms with van der Waals surface area (Å²) in [7, 11) is 0. The highest BCUT2D eigenvalue weighted by Gasteiger charge is 2.32. The summed E-state index contributed by atoms with van der Waals surface area (Å²) in [6.45, 7) is 10.3. The van der Waals surface area contributed by atoms with Crippen LogP contribution in [-0.2, 0) is 16.0 Å². The average molecular weight is 482 g/mol. The Morgan fingerprint density at radius 2 is 2.00 bits per heavy atom. The van der Waals surface area contributed by atoms with Gasteiger partial charge in [0.15, 0.2) is 11.2 Å². The maximum absolute atomic E-state index is 12.5. The molecule has 1 aliphatic rings. The quantitative estimate of drug-likeness (QED) is 0.353. The fourth-order valence-corrected chi connectivity index (χ4v) is 4.96. The summed E-state index contributed by atoms with van der Waals surface area (Å²) in [5.74, 6) is -0.115. The summed E-state index contributed by atoms with van der Waals surface area (Å²) in [6, 6.07) is 11.9. The largest absolute Gasteiger partial charge is 0.493 e. The van der Waals surface area contributed by atoms with Crippen molar-refractivity contribution in [2.45, 2.75) is 64.3 Å². The molecule has 0 radical (unpaired) electrons. The molecule has 0 bridgehead atoms. The van der Waals surface area contributed by atoms with E-state index in [1.165, 1.54) is 11.9 Å². The Hall–Kier alpha value is -2.90. The second-order valence-electron chi connectivity index (χ2n) is 9.51. The van der Waals surface area contributed by atoms with E-state index in [1.807, 2.05) is 58.9 Å². The number of carboxylic acid groups (broad SMARTS) is 1. The molecule has 2 N–H and O–H groups in total. The number of nitrogens with one attached hydrogen (secondary N) is 1. The van der Waals surface area contributed by atoms with Crippen molar-refractivity contribution in [1.82, 2.24) is 0 Å². The summed E-state index contributed by atoms with van der Waals surface area (Å²) in [6.07, 6.45) is 2.40. The van der Waals surface area contributed by atoms with E-state index in [0.29, 0.717) is 5.56 Å². The van der Waals surface area contributed by atoms with Crippen LogP contribution in [0.5, 0.6) is 5.75 Å². The number of hydrogen-bond donors (Lipinski definition) is 2. The van der Waals surface area contributed by atoms with Crippen molar-refractivity contribution in [2.75, 3.05) is 11.3 Å². The number of furan rings is 1. The van der Waals surface area contributed by atoms with Crippen LogP contribution in [0.2, 0.25) is 0 Å². The van der Waals surface area contributed by atoms with E-state index in [2.05, 4.69) is 16.9 Å². The van der Waals surface area contributed by atoms with Crippen LogP contribution < -0.4 is 9.46 Å². The minimum Gasteiger partial charge on any atom is -0.493 e. The Morgan fingerprint density at radius 1 is 1.21 bits per heavy atom. The summed E-state index contributed by atoms with van der Waals surface area (Å²) in [4.78, 5) is 12.5. The minimum atomic E-state index is -1.13. The predicted octanol–water partition coefficient (Wildman–Crippen LogP) is 6.95. The lowest BCUT2D eigenvalue weighted by molar-refractivity contribution is -0.160. The van der Waals surface area contributed by atoms with Crippen LogP contribution in [0.4, 0.5) is 5.69 Å². The molecule has 0 aliphatic carbocycles. The highest BCUT2D eigenvalue weighted by Crippen LogP contribution is 2.42. The lowest BCUT2D eigenvalue weighted by Crippen LogP contribution is -2.28. The van der Waals surface area contributed by atoms with Crippen LogP contribution in [0.3, 0.4) is 0 Å². The monoisotopic (exact) mass is 481 g/mol. The zero-order valence-electron chi connectivity index (χ0n) is 20.2. The van der Waals surface area contributed by atoms with Crippen molar-refractivity contribution >= 4 is 23.6 Å². The van der Waals surface area contributed by atoms with Gasteiger partial charge in [-0.2, -0.15) is 0 Å². The Balaban J connectivity index is 1.87. The smallest absolute Gasteiger partial charge is 0.337 e. The first-order chi connectivity index (χ1) is 16.1. The van der Waals surface area contributed by atoms with Crippen molar-refractivity contribution in [3.05, 3.63) is 64.9 Å². The topological polar surface area (TPSA) is 80.9 Å². The molecule has 0 fully saturated rings. The fourth-order valence-electron chi connectivity index (χ4n) is 4.29. The number of carbonyl (C=O) groups is 1. The predicted molar refractivity (Wildman–Crippen MR) is 135 cm³/mol. The molecular weight excluding hydrogens is 450 g/mol. The van der Waals surface area contributed by atoms with E-state index >= 15 is 0 Å². The van der Waals surface area contributed by atoms with Crippen LogP contribution >= 0.6 is 11.9 Å². The highest BCUT2D eigenvalue weighted by atomic mass is 32.2. The molecule has 1 atom stereocenters. The molecule has 180 valence electrons. The van der Waals surface area contributed by atoms with Crippen molar-refractivity contribution < 1.29 is 23.8 Å². The third-order valence-corrected chi connectivity index (χ3v) is 6.50. The summed E-state index contributed by atoms with van der Waals surface area (Å²) < 4.78 is 20.7. The second kappa shape index (κ2) is 9.76. The minimum absolute atomic E-state index is 0.642. The van der Waals surface area contributed by atoms with Gasteiger partial charge in [-0.1, -0.05) is 6.07 Å². The van der Waals surface area contributed by atoms with Crippen molar-refractivity contribution in [3.63, 3.8) is 0 Å². The third-order valence-electron chi connectivity index (χ3n) is 5.74. The molecule has 0 saturated carbocycles. The van der Waals surface area contributed by atoms with Crippen molar-refractivity contribution in [3.8, 4) is 16.9 Å². The first-order valence-corrected chi connectivity index (χ1v) is 12.2. The number of anilines is 1. The van der Waals surface area contributed by atoms with Crippen molar-refractivity contribution in [2.24, 2.45) is 0 Å². The van der Waals surface area contributed by atoms with Crippen LogP contribution in [0.1, 0.15) is 55.5 Å². The molecule has 6 nitrogen and oxygen atoms in total. The maximum Gasteiger partial charge on any atom is 0.337 e. The van der Waals surface area contributed by atoms with Crippen LogP contribution in [0.15, 0.2) is 52.2 Å². The van der Waals surface area contributed by atoms with Gasteiger partial charge in [-0.25, -0.2) is 4.79 Å².